The van der Waals surface area contributed by atoms with Crippen LogP contribution in [0.15, 0.2) is 22.7 Å². The molecule has 0 spiro atoms. The summed E-state index contributed by atoms with van der Waals surface area (Å²) in [5.74, 6) is 0.760. The number of piperidine rings is 1. The van der Waals surface area contributed by atoms with Crippen molar-refractivity contribution in [1.29, 1.82) is 0 Å². The van der Waals surface area contributed by atoms with Crippen LogP contribution in [-0.4, -0.2) is 18.6 Å². The fourth-order valence-corrected chi connectivity index (χ4v) is 3.43. The van der Waals surface area contributed by atoms with E-state index in [1.165, 1.54) is 24.1 Å². The molecule has 20 heavy (non-hydrogen) atoms. The Morgan fingerprint density at radius 3 is 2.85 bits per heavy atom. The van der Waals surface area contributed by atoms with Crippen LogP contribution in [0, 0.1) is 5.92 Å². The fraction of sp³-hybridized carbons (Fsp3) is 0.647. The highest BCUT2D eigenvalue weighted by molar-refractivity contribution is 9.10. The molecule has 2 nitrogen and oxygen atoms in total. The zero-order valence-corrected chi connectivity index (χ0v) is 14.5. The first-order valence-electron chi connectivity index (χ1n) is 7.83. The Labute approximate surface area is 131 Å². The van der Waals surface area contributed by atoms with Gasteiger partial charge in [0.25, 0.3) is 0 Å². The van der Waals surface area contributed by atoms with Gasteiger partial charge in [0.1, 0.15) is 0 Å². The van der Waals surface area contributed by atoms with Crippen LogP contribution in [0.2, 0.25) is 0 Å². The topological polar surface area (TPSA) is 29.3 Å². The number of nitrogens with two attached hydrogens (primary N) is 1. The van der Waals surface area contributed by atoms with Crippen LogP contribution in [0.3, 0.4) is 0 Å². The van der Waals surface area contributed by atoms with E-state index in [9.17, 15) is 0 Å². The summed E-state index contributed by atoms with van der Waals surface area (Å²) in [7, 11) is 0. The minimum Gasteiger partial charge on any atom is -0.368 e. The molecule has 3 unspecified atom stereocenters. The van der Waals surface area contributed by atoms with Crippen LogP contribution in [0.25, 0.3) is 0 Å². The normalized spacial score (nSPS) is 24.8. The third-order valence-corrected chi connectivity index (χ3v) is 5.23. The Bertz CT molecular complexity index is 447. The number of hydrogen-bond donors (Lipinski definition) is 1. The molecule has 0 aromatic heterocycles. The molecule has 0 bridgehead atoms. The average molecular weight is 339 g/mol. The molecule has 1 aliphatic rings. The molecule has 0 saturated carbocycles. The largest absolute Gasteiger partial charge is 0.368 e. The van der Waals surface area contributed by atoms with Gasteiger partial charge in [-0.1, -0.05) is 35.8 Å². The minimum atomic E-state index is 0.257. The van der Waals surface area contributed by atoms with Gasteiger partial charge in [0.05, 0.1) is 0 Å². The van der Waals surface area contributed by atoms with Crippen molar-refractivity contribution in [2.24, 2.45) is 11.7 Å². The first kappa shape index (κ1) is 15.8. The molecule has 112 valence electrons. The van der Waals surface area contributed by atoms with Crippen molar-refractivity contribution in [2.45, 2.75) is 58.5 Å². The second-order valence-electron chi connectivity index (χ2n) is 6.20. The summed E-state index contributed by atoms with van der Waals surface area (Å²) in [6.07, 6.45) is 4.63. The van der Waals surface area contributed by atoms with E-state index in [2.05, 4.69) is 59.8 Å². The number of rotatable bonds is 4. The Hall–Kier alpha value is -0.540. The number of benzene rings is 1. The zero-order chi connectivity index (χ0) is 14.7. The van der Waals surface area contributed by atoms with E-state index in [4.69, 9.17) is 5.73 Å². The summed E-state index contributed by atoms with van der Waals surface area (Å²) < 4.78 is 1.16. The lowest BCUT2D eigenvalue weighted by Crippen LogP contribution is -2.43. The minimum absolute atomic E-state index is 0.257. The molecule has 3 atom stereocenters. The maximum Gasteiger partial charge on any atom is 0.0413 e. The van der Waals surface area contributed by atoms with Gasteiger partial charge in [-0.3, -0.25) is 0 Å². The quantitative estimate of drug-likeness (QED) is 0.883. The van der Waals surface area contributed by atoms with Gasteiger partial charge in [0, 0.05) is 28.8 Å². The second-order valence-corrected chi connectivity index (χ2v) is 7.11. The molecule has 1 aromatic carbocycles. The third kappa shape index (κ3) is 3.56. The molecule has 1 saturated heterocycles. The SMILES string of the molecule is CCC(N)Cc1ccc(Br)cc1N1CCCC(C)C1C. The number of halogens is 1. The maximum atomic E-state index is 6.17. The average Bonchev–Trinajstić information content (AvgIpc) is 2.44. The molecule has 1 fully saturated rings. The van der Waals surface area contributed by atoms with Crippen molar-refractivity contribution in [1.82, 2.24) is 0 Å². The highest BCUT2D eigenvalue weighted by Crippen LogP contribution is 2.33. The Kier molecular flexibility index (Phi) is 5.50. The van der Waals surface area contributed by atoms with E-state index in [-0.39, 0.29) is 6.04 Å². The summed E-state index contributed by atoms with van der Waals surface area (Å²) in [6.45, 7) is 8.05. The number of hydrogen-bond acceptors (Lipinski definition) is 2. The predicted octanol–water partition coefficient (Wildman–Crippen LogP) is 4.35. The van der Waals surface area contributed by atoms with Gasteiger partial charge < -0.3 is 10.6 Å². The van der Waals surface area contributed by atoms with Crippen LogP contribution in [0.4, 0.5) is 5.69 Å². The summed E-state index contributed by atoms with van der Waals surface area (Å²) in [5.41, 5.74) is 8.94. The summed E-state index contributed by atoms with van der Waals surface area (Å²) >= 11 is 3.62. The highest BCUT2D eigenvalue weighted by Gasteiger charge is 2.26. The van der Waals surface area contributed by atoms with Gasteiger partial charge >= 0.3 is 0 Å². The first-order valence-corrected chi connectivity index (χ1v) is 8.62. The van der Waals surface area contributed by atoms with Gasteiger partial charge in [-0.25, -0.2) is 0 Å². The molecular formula is C17H27BrN2. The summed E-state index contributed by atoms with van der Waals surface area (Å²) in [5, 5.41) is 0. The molecular weight excluding hydrogens is 312 g/mol. The first-order chi connectivity index (χ1) is 9.52. The third-order valence-electron chi connectivity index (χ3n) is 4.74. The van der Waals surface area contributed by atoms with E-state index < -0.39 is 0 Å². The van der Waals surface area contributed by atoms with E-state index >= 15 is 0 Å². The summed E-state index contributed by atoms with van der Waals surface area (Å²) in [4.78, 5) is 2.58. The van der Waals surface area contributed by atoms with Crippen molar-refractivity contribution in [2.75, 3.05) is 11.4 Å². The van der Waals surface area contributed by atoms with Crippen molar-refractivity contribution in [3.63, 3.8) is 0 Å². The molecule has 1 aromatic rings. The van der Waals surface area contributed by atoms with E-state index in [0.29, 0.717) is 6.04 Å². The highest BCUT2D eigenvalue weighted by atomic mass is 79.9. The van der Waals surface area contributed by atoms with Gasteiger partial charge in [-0.15, -0.1) is 0 Å². The lowest BCUT2D eigenvalue weighted by molar-refractivity contribution is 0.363. The lowest BCUT2D eigenvalue weighted by Gasteiger charge is -2.41. The smallest absolute Gasteiger partial charge is 0.0413 e. The monoisotopic (exact) mass is 338 g/mol. The second kappa shape index (κ2) is 6.95. The number of anilines is 1. The van der Waals surface area contributed by atoms with Crippen LogP contribution in [0.5, 0.6) is 0 Å². The standard InChI is InChI=1S/C17H27BrN2/c1-4-16(19)10-14-7-8-15(18)11-17(14)20-9-5-6-12(2)13(20)3/h7-8,11-13,16H,4-6,9-10,19H2,1-3H3. The van der Waals surface area contributed by atoms with E-state index in [1.807, 2.05) is 0 Å². The maximum absolute atomic E-state index is 6.17. The van der Waals surface area contributed by atoms with Crippen LogP contribution in [-0.2, 0) is 6.42 Å². The molecule has 3 heteroatoms. The molecule has 2 N–H and O–H groups in total. The van der Waals surface area contributed by atoms with Gasteiger partial charge in [-0.2, -0.15) is 0 Å². The van der Waals surface area contributed by atoms with Gasteiger partial charge in [0.2, 0.25) is 0 Å². The molecule has 0 amide bonds. The Morgan fingerprint density at radius 1 is 1.40 bits per heavy atom. The van der Waals surface area contributed by atoms with Crippen LogP contribution in [0.1, 0.15) is 45.6 Å². The van der Waals surface area contributed by atoms with Crippen LogP contribution < -0.4 is 10.6 Å². The van der Waals surface area contributed by atoms with Crippen molar-refractivity contribution >= 4 is 21.6 Å². The van der Waals surface area contributed by atoms with E-state index in [0.717, 1.165) is 29.8 Å². The van der Waals surface area contributed by atoms with Crippen molar-refractivity contribution < 1.29 is 0 Å². The van der Waals surface area contributed by atoms with Crippen molar-refractivity contribution in [3.8, 4) is 0 Å². The Balaban J connectivity index is 2.30. The summed E-state index contributed by atoms with van der Waals surface area (Å²) in [6, 6.07) is 7.51. The van der Waals surface area contributed by atoms with E-state index in [1.54, 1.807) is 0 Å². The zero-order valence-electron chi connectivity index (χ0n) is 12.9. The molecule has 0 aliphatic carbocycles. The molecule has 1 aliphatic heterocycles. The van der Waals surface area contributed by atoms with Crippen molar-refractivity contribution in [3.05, 3.63) is 28.2 Å². The Morgan fingerprint density at radius 2 is 2.15 bits per heavy atom. The molecule has 0 radical (unpaired) electrons. The molecule has 2 rings (SSSR count). The van der Waals surface area contributed by atoms with Crippen LogP contribution >= 0.6 is 15.9 Å². The van der Waals surface area contributed by atoms with Gasteiger partial charge in [0.15, 0.2) is 0 Å². The fourth-order valence-electron chi connectivity index (χ4n) is 3.08. The van der Waals surface area contributed by atoms with Gasteiger partial charge in [-0.05, 0) is 56.2 Å². The lowest BCUT2D eigenvalue weighted by atomic mass is 9.90. The predicted molar refractivity (Wildman–Crippen MR) is 91.3 cm³/mol. The number of nitrogens with zero attached hydrogens (tertiary/aromatic N) is 1. The molecule has 1 heterocycles.